The Morgan fingerprint density at radius 3 is 2.84 bits per heavy atom. The van der Waals surface area contributed by atoms with E-state index in [1.807, 2.05) is 44.2 Å². The molecule has 0 aliphatic heterocycles. The van der Waals surface area contributed by atoms with E-state index in [4.69, 9.17) is 9.26 Å². The number of amides is 1. The Labute approximate surface area is 146 Å². The number of fused-ring (bicyclic) bond motifs is 1. The van der Waals surface area contributed by atoms with Gasteiger partial charge in [0.15, 0.2) is 0 Å². The number of methoxy groups -OCH3 is 1. The first-order valence-corrected chi connectivity index (χ1v) is 8.17. The average Bonchev–Trinajstić information content (AvgIpc) is 3.00. The summed E-state index contributed by atoms with van der Waals surface area (Å²) >= 11 is 0. The number of aromatic nitrogens is 2. The van der Waals surface area contributed by atoms with Crippen LogP contribution >= 0.6 is 0 Å². The van der Waals surface area contributed by atoms with Crippen molar-refractivity contribution in [1.82, 2.24) is 15.5 Å². The molecule has 0 unspecified atom stereocenters. The molecule has 6 nitrogen and oxygen atoms in total. The zero-order valence-corrected chi connectivity index (χ0v) is 14.8. The maximum Gasteiger partial charge on any atom is 0.259 e. The highest BCUT2D eigenvalue weighted by atomic mass is 16.5. The molecule has 0 bridgehead atoms. The fourth-order valence-corrected chi connectivity index (χ4v) is 2.65. The third-order valence-electron chi connectivity index (χ3n) is 4.06. The van der Waals surface area contributed by atoms with Gasteiger partial charge in [-0.3, -0.25) is 4.79 Å². The number of benzene rings is 1. The molecule has 0 fully saturated rings. The Bertz CT molecular complexity index is 915. The van der Waals surface area contributed by atoms with Crippen LogP contribution in [0.2, 0.25) is 0 Å². The third kappa shape index (κ3) is 3.47. The van der Waals surface area contributed by atoms with Gasteiger partial charge in [-0.25, -0.2) is 4.98 Å². The van der Waals surface area contributed by atoms with Crippen LogP contribution < -0.4 is 10.1 Å². The summed E-state index contributed by atoms with van der Waals surface area (Å²) in [4.78, 5) is 17.2. The Morgan fingerprint density at radius 1 is 1.32 bits per heavy atom. The van der Waals surface area contributed by atoms with Gasteiger partial charge in [-0.2, -0.15) is 0 Å². The summed E-state index contributed by atoms with van der Waals surface area (Å²) in [7, 11) is 1.62. The predicted molar refractivity (Wildman–Crippen MR) is 94.8 cm³/mol. The SMILES string of the molecule is COc1cccc(CNC(=O)c2cc(C(C)C)nc3onc(C)c23)c1. The lowest BCUT2D eigenvalue weighted by Crippen LogP contribution is -2.23. The highest BCUT2D eigenvalue weighted by Crippen LogP contribution is 2.25. The summed E-state index contributed by atoms with van der Waals surface area (Å²) in [5, 5.41) is 7.56. The van der Waals surface area contributed by atoms with E-state index in [0.29, 0.717) is 28.9 Å². The van der Waals surface area contributed by atoms with E-state index in [2.05, 4.69) is 15.5 Å². The van der Waals surface area contributed by atoms with Gasteiger partial charge < -0.3 is 14.6 Å². The molecule has 0 aliphatic carbocycles. The van der Waals surface area contributed by atoms with Crippen molar-refractivity contribution >= 4 is 17.0 Å². The van der Waals surface area contributed by atoms with Crippen molar-refractivity contribution in [2.45, 2.75) is 33.2 Å². The van der Waals surface area contributed by atoms with Gasteiger partial charge in [0.2, 0.25) is 0 Å². The van der Waals surface area contributed by atoms with Crippen molar-refractivity contribution < 1.29 is 14.1 Å². The molecule has 1 amide bonds. The molecule has 25 heavy (non-hydrogen) atoms. The first kappa shape index (κ1) is 17.0. The molecule has 0 aliphatic rings. The van der Waals surface area contributed by atoms with Gasteiger partial charge in [-0.1, -0.05) is 31.1 Å². The summed E-state index contributed by atoms with van der Waals surface area (Å²) in [6.45, 7) is 6.26. The maximum atomic E-state index is 12.8. The van der Waals surface area contributed by atoms with Crippen LogP contribution in [0.3, 0.4) is 0 Å². The minimum absolute atomic E-state index is 0.177. The second kappa shape index (κ2) is 6.93. The van der Waals surface area contributed by atoms with Crippen molar-refractivity contribution in [3.05, 3.63) is 52.8 Å². The minimum Gasteiger partial charge on any atom is -0.497 e. The van der Waals surface area contributed by atoms with Crippen LogP contribution in [-0.4, -0.2) is 23.2 Å². The van der Waals surface area contributed by atoms with E-state index >= 15 is 0 Å². The smallest absolute Gasteiger partial charge is 0.259 e. The van der Waals surface area contributed by atoms with Crippen molar-refractivity contribution in [1.29, 1.82) is 0 Å². The summed E-state index contributed by atoms with van der Waals surface area (Å²) in [5.41, 5.74) is 3.36. The molecule has 2 aromatic heterocycles. The largest absolute Gasteiger partial charge is 0.497 e. The molecule has 0 radical (unpaired) electrons. The number of carbonyl (C=O) groups excluding carboxylic acids is 1. The van der Waals surface area contributed by atoms with Gasteiger partial charge >= 0.3 is 0 Å². The van der Waals surface area contributed by atoms with E-state index in [1.54, 1.807) is 14.0 Å². The molecule has 1 N–H and O–H groups in total. The lowest BCUT2D eigenvalue weighted by Gasteiger charge is -2.10. The van der Waals surface area contributed by atoms with E-state index < -0.39 is 0 Å². The lowest BCUT2D eigenvalue weighted by molar-refractivity contribution is 0.0952. The second-order valence-corrected chi connectivity index (χ2v) is 6.23. The summed E-state index contributed by atoms with van der Waals surface area (Å²) in [5.74, 6) is 0.762. The zero-order valence-electron chi connectivity index (χ0n) is 14.8. The number of nitrogens with zero attached hydrogens (tertiary/aromatic N) is 2. The lowest BCUT2D eigenvalue weighted by atomic mass is 10.0. The van der Waals surface area contributed by atoms with Crippen molar-refractivity contribution in [3.63, 3.8) is 0 Å². The van der Waals surface area contributed by atoms with E-state index in [9.17, 15) is 4.79 Å². The Morgan fingerprint density at radius 2 is 2.12 bits per heavy atom. The van der Waals surface area contributed by atoms with Gasteiger partial charge in [-0.05, 0) is 36.6 Å². The van der Waals surface area contributed by atoms with Crippen LogP contribution in [0.15, 0.2) is 34.9 Å². The quantitative estimate of drug-likeness (QED) is 0.768. The van der Waals surface area contributed by atoms with Crippen molar-refractivity contribution in [2.24, 2.45) is 0 Å². The van der Waals surface area contributed by atoms with Crippen LogP contribution in [0.1, 0.15) is 47.1 Å². The minimum atomic E-state index is -0.177. The van der Waals surface area contributed by atoms with Gasteiger partial charge in [0, 0.05) is 12.2 Å². The standard InChI is InChI=1S/C19H21N3O3/c1-11(2)16-9-15(17-12(3)22-25-19(17)21-16)18(23)20-10-13-6-5-7-14(8-13)24-4/h5-9,11H,10H2,1-4H3,(H,20,23). The number of aryl methyl sites for hydroxylation is 1. The van der Waals surface area contributed by atoms with Gasteiger partial charge in [0.25, 0.3) is 11.6 Å². The predicted octanol–water partition coefficient (Wildman–Crippen LogP) is 3.59. The molecule has 6 heteroatoms. The van der Waals surface area contributed by atoms with Gasteiger partial charge in [0.1, 0.15) is 5.75 Å². The molecule has 0 atom stereocenters. The van der Waals surface area contributed by atoms with Crippen molar-refractivity contribution in [2.75, 3.05) is 7.11 Å². The molecule has 0 spiro atoms. The summed E-state index contributed by atoms with van der Waals surface area (Å²) in [6, 6.07) is 9.42. The average molecular weight is 339 g/mol. The highest BCUT2D eigenvalue weighted by molar-refractivity contribution is 6.06. The number of ether oxygens (including phenoxy) is 1. The summed E-state index contributed by atoms with van der Waals surface area (Å²) < 4.78 is 10.5. The summed E-state index contributed by atoms with van der Waals surface area (Å²) in [6.07, 6.45) is 0. The molecule has 2 heterocycles. The molecule has 0 saturated carbocycles. The number of carbonyl (C=O) groups is 1. The topological polar surface area (TPSA) is 77.2 Å². The first-order valence-electron chi connectivity index (χ1n) is 8.17. The fraction of sp³-hybridized carbons (Fsp3) is 0.316. The van der Waals surface area contributed by atoms with Crippen LogP contribution in [0.4, 0.5) is 0 Å². The number of hydrogen-bond acceptors (Lipinski definition) is 5. The third-order valence-corrected chi connectivity index (χ3v) is 4.06. The monoisotopic (exact) mass is 339 g/mol. The maximum absolute atomic E-state index is 12.8. The Kier molecular flexibility index (Phi) is 4.70. The highest BCUT2D eigenvalue weighted by Gasteiger charge is 2.19. The zero-order chi connectivity index (χ0) is 18.0. The number of hydrogen-bond donors (Lipinski definition) is 1. The van der Waals surface area contributed by atoms with Gasteiger partial charge in [0.05, 0.1) is 23.8 Å². The van der Waals surface area contributed by atoms with E-state index in [0.717, 1.165) is 17.0 Å². The van der Waals surface area contributed by atoms with Crippen LogP contribution in [-0.2, 0) is 6.54 Å². The van der Waals surface area contributed by atoms with Gasteiger partial charge in [-0.15, -0.1) is 0 Å². The second-order valence-electron chi connectivity index (χ2n) is 6.23. The van der Waals surface area contributed by atoms with E-state index in [1.165, 1.54) is 0 Å². The van der Waals surface area contributed by atoms with Crippen LogP contribution in [0.25, 0.3) is 11.1 Å². The normalized spacial score (nSPS) is 11.1. The van der Waals surface area contributed by atoms with Crippen LogP contribution in [0, 0.1) is 6.92 Å². The Balaban J connectivity index is 1.89. The molecule has 1 aromatic carbocycles. The van der Waals surface area contributed by atoms with Crippen LogP contribution in [0.5, 0.6) is 5.75 Å². The Hall–Kier alpha value is -2.89. The number of nitrogens with one attached hydrogen (secondary N) is 1. The molecular formula is C19H21N3O3. The fourth-order valence-electron chi connectivity index (χ4n) is 2.65. The molecule has 0 saturated heterocycles. The first-order chi connectivity index (χ1) is 12.0. The number of pyridine rings is 1. The molecule has 3 rings (SSSR count). The molecular weight excluding hydrogens is 318 g/mol. The van der Waals surface area contributed by atoms with Crippen molar-refractivity contribution in [3.8, 4) is 5.75 Å². The molecule has 130 valence electrons. The number of rotatable bonds is 5. The molecule has 3 aromatic rings. The van der Waals surface area contributed by atoms with E-state index in [-0.39, 0.29) is 11.8 Å².